The van der Waals surface area contributed by atoms with Gasteiger partial charge in [0, 0.05) is 43.0 Å². The van der Waals surface area contributed by atoms with Gasteiger partial charge in [0.25, 0.3) is 0 Å². The molecule has 1 aliphatic rings. The molecule has 0 bridgehead atoms. The summed E-state index contributed by atoms with van der Waals surface area (Å²) < 4.78 is 72.9. The van der Waals surface area contributed by atoms with Crippen molar-refractivity contribution in [2.75, 3.05) is 6.26 Å². The van der Waals surface area contributed by atoms with E-state index in [0.29, 0.717) is 51.2 Å². The molecule has 6 rings (SSSR count). The number of benzene rings is 3. The van der Waals surface area contributed by atoms with Crippen molar-refractivity contribution in [3.05, 3.63) is 83.5 Å². The summed E-state index contributed by atoms with van der Waals surface area (Å²) in [6, 6.07) is 10.1. The Bertz CT molecular complexity index is 2080. The van der Waals surface area contributed by atoms with Gasteiger partial charge in [0.1, 0.15) is 17.3 Å². The molecule has 3 heterocycles. The van der Waals surface area contributed by atoms with Crippen LogP contribution in [0, 0.1) is 19.7 Å². The summed E-state index contributed by atoms with van der Waals surface area (Å²) in [7, 11) is -3.89. The van der Waals surface area contributed by atoms with Crippen LogP contribution in [0.2, 0.25) is 0 Å². The summed E-state index contributed by atoms with van der Waals surface area (Å²) >= 11 is 0. The molecule has 5 aromatic rings. The van der Waals surface area contributed by atoms with E-state index >= 15 is 4.39 Å². The monoisotopic (exact) mass is 637 g/mol. The SMILES string of the molecule is Cc1nc(-c2cc(-c3cc(F)c(CO)c(S(C)(=O)=O)c3)ccc2-n2cc(C(C)O)nc2C)c(-c2ccc3c(c2)OC(C)(F)O3)o1. The Hall–Kier alpha value is -4.59. The quantitative estimate of drug-likeness (QED) is 0.221. The zero-order valence-electron chi connectivity index (χ0n) is 24.9. The minimum Gasteiger partial charge on any atom is -0.440 e. The maximum Gasteiger partial charge on any atom is 0.404 e. The van der Waals surface area contributed by atoms with Gasteiger partial charge in [-0.25, -0.2) is 22.8 Å². The number of fused-ring (bicyclic) bond motifs is 1. The Kier molecular flexibility index (Phi) is 7.30. The van der Waals surface area contributed by atoms with Crippen molar-refractivity contribution in [2.45, 2.75) is 51.3 Å². The summed E-state index contributed by atoms with van der Waals surface area (Å²) in [4.78, 5) is 8.82. The van der Waals surface area contributed by atoms with Crippen LogP contribution in [0.4, 0.5) is 8.78 Å². The van der Waals surface area contributed by atoms with Crippen LogP contribution < -0.4 is 9.47 Å². The van der Waals surface area contributed by atoms with Crippen LogP contribution in [-0.2, 0) is 16.4 Å². The lowest BCUT2D eigenvalue weighted by Gasteiger charge is -2.15. The van der Waals surface area contributed by atoms with Gasteiger partial charge in [0.2, 0.25) is 0 Å². The standard InChI is InChI=1S/C32H29F2N3O7S/c1-16(39)25-14-37(17(2)35-25)26-8-6-19(21-11-24(33)23(15-38)29(13-21)45(5,40)41)10-22(26)30-31(42-18(3)36-30)20-7-9-27-28(12-20)44-32(4,34)43-27/h6-14,16,38-39H,15H2,1-5H3. The first-order chi connectivity index (χ1) is 21.1. The molecule has 234 valence electrons. The van der Waals surface area contributed by atoms with Crippen molar-refractivity contribution >= 4 is 9.84 Å². The van der Waals surface area contributed by atoms with E-state index in [2.05, 4.69) is 9.97 Å². The molecule has 0 radical (unpaired) electrons. The Morgan fingerprint density at radius 3 is 2.38 bits per heavy atom. The first kappa shape index (κ1) is 30.4. The third kappa shape index (κ3) is 5.58. The number of ether oxygens (including phenoxy) is 2. The number of oxazole rings is 1. The van der Waals surface area contributed by atoms with Gasteiger partial charge in [0.05, 0.1) is 29.0 Å². The van der Waals surface area contributed by atoms with Gasteiger partial charge in [-0.05, 0) is 67.4 Å². The molecule has 2 aromatic heterocycles. The van der Waals surface area contributed by atoms with Crippen molar-refractivity contribution in [1.29, 1.82) is 0 Å². The van der Waals surface area contributed by atoms with E-state index < -0.39 is 34.4 Å². The average molecular weight is 638 g/mol. The van der Waals surface area contributed by atoms with E-state index in [1.165, 1.54) is 6.07 Å². The lowest BCUT2D eigenvalue weighted by molar-refractivity contribution is -0.173. The van der Waals surface area contributed by atoms with Gasteiger partial charge in [-0.15, -0.1) is 0 Å². The highest BCUT2D eigenvalue weighted by atomic mass is 32.2. The molecule has 0 saturated heterocycles. The largest absolute Gasteiger partial charge is 0.440 e. The Morgan fingerprint density at radius 1 is 1.00 bits per heavy atom. The first-order valence-electron chi connectivity index (χ1n) is 13.9. The molecule has 0 fully saturated rings. The van der Waals surface area contributed by atoms with Crippen molar-refractivity contribution < 1.29 is 41.3 Å². The number of halogens is 2. The van der Waals surface area contributed by atoms with Crippen molar-refractivity contribution in [1.82, 2.24) is 14.5 Å². The fraction of sp³-hybridized carbons (Fsp3) is 0.250. The average Bonchev–Trinajstić information content (AvgIpc) is 3.64. The van der Waals surface area contributed by atoms with Crippen LogP contribution in [0.1, 0.15) is 42.9 Å². The highest BCUT2D eigenvalue weighted by molar-refractivity contribution is 7.90. The Morgan fingerprint density at radius 2 is 1.71 bits per heavy atom. The summed E-state index contributed by atoms with van der Waals surface area (Å²) in [5, 5.41) is 19.9. The number of aliphatic hydroxyl groups is 2. The third-order valence-electron chi connectivity index (χ3n) is 7.41. The van der Waals surface area contributed by atoms with Crippen LogP contribution in [0.3, 0.4) is 0 Å². The Balaban J connectivity index is 1.59. The molecule has 0 aliphatic carbocycles. The summed E-state index contributed by atoms with van der Waals surface area (Å²) in [5.74, 6) is 0.715. The van der Waals surface area contributed by atoms with Gasteiger partial charge in [-0.3, -0.25) is 0 Å². The molecule has 3 aromatic carbocycles. The van der Waals surface area contributed by atoms with Crippen molar-refractivity contribution in [3.63, 3.8) is 0 Å². The summed E-state index contributed by atoms with van der Waals surface area (Å²) in [6.07, 6.45) is 1.79. The maximum atomic E-state index is 15.1. The molecule has 2 N–H and O–H groups in total. The van der Waals surface area contributed by atoms with E-state index in [9.17, 15) is 23.0 Å². The van der Waals surface area contributed by atoms with Crippen molar-refractivity contribution in [2.24, 2.45) is 0 Å². The van der Waals surface area contributed by atoms with Crippen molar-refractivity contribution in [3.8, 4) is 50.9 Å². The molecule has 2 atom stereocenters. The molecule has 13 heteroatoms. The molecule has 10 nitrogen and oxygen atoms in total. The van der Waals surface area contributed by atoms with Gasteiger partial charge in [-0.2, -0.15) is 4.39 Å². The van der Waals surface area contributed by atoms with E-state index in [1.54, 1.807) is 67.9 Å². The maximum absolute atomic E-state index is 15.1. The Labute approximate surface area is 257 Å². The van der Waals surface area contributed by atoms with E-state index in [4.69, 9.17) is 13.9 Å². The number of hydrogen-bond acceptors (Lipinski definition) is 9. The van der Waals surface area contributed by atoms with Gasteiger partial charge in [-0.1, -0.05) is 6.07 Å². The molecular formula is C32H29F2N3O7S. The minimum atomic E-state index is -3.89. The summed E-state index contributed by atoms with van der Waals surface area (Å²) in [6.45, 7) is 5.39. The van der Waals surface area contributed by atoms with Crippen LogP contribution in [0.5, 0.6) is 11.5 Å². The molecular weight excluding hydrogens is 608 g/mol. The predicted octanol–water partition coefficient (Wildman–Crippen LogP) is 5.98. The smallest absolute Gasteiger partial charge is 0.404 e. The zero-order chi connectivity index (χ0) is 32.4. The number of alkyl halides is 1. The highest BCUT2D eigenvalue weighted by Gasteiger charge is 2.37. The van der Waals surface area contributed by atoms with Crippen LogP contribution in [0.15, 0.2) is 64.0 Å². The lowest BCUT2D eigenvalue weighted by atomic mass is 9.97. The molecule has 0 saturated carbocycles. The number of rotatable bonds is 7. The number of imidazole rings is 1. The second-order valence-corrected chi connectivity index (χ2v) is 13.0. The van der Waals surface area contributed by atoms with E-state index in [0.717, 1.165) is 19.2 Å². The number of hydrogen-bond donors (Lipinski definition) is 2. The number of aryl methyl sites for hydroxylation is 2. The molecule has 2 unspecified atom stereocenters. The van der Waals surface area contributed by atoms with Gasteiger partial charge in [0.15, 0.2) is 33.0 Å². The first-order valence-corrected chi connectivity index (χ1v) is 15.8. The third-order valence-corrected chi connectivity index (χ3v) is 8.57. The second-order valence-electron chi connectivity index (χ2n) is 11.0. The van der Waals surface area contributed by atoms with Crippen LogP contribution in [-0.4, -0.2) is 45.5 Å². The number of aromatic nitrogens is 3. The summed E-state index contributed by atoms with van der Waals surface area (Å²) in [5.41, 5.74) is 2.76. The number of sulfone groups is 1. The molecule has 0 amide bonds. The van der Waals surface area contributed by atoms with E-state index in [1.807, 2.05) is 0 Å². The fourth-order valence-electron chi connectivity index (χ4n) is 5.35. The molecule has 1 aliphatic heterocycles. The predicted molar refractivity (Wildman–Crippen MR) is 160 cm³/mol. The molecule has 45 heavy (non-hydrogen) atoms. The lowest BCUT2D eigenvalue weighted by Crippen LogP contribution is -2.27. The van der Waals surface area contributed by atoms with Gasteiger partial charge >= 0.3 is 6.04 Å². The molecule has 0 spiro atoms. The van der Waals surface area contributed by atoms with Crippen LogP contribution in [0.25, 0.3) is 39.4 Å². The number of aliphatic hydroxyl groups excluding tert-OH is 2. The fourth-order valence-corrected chi connectivity index (χ4v) is 6.30. The second kappa shape index (κ2) is 10.8. The zero-order valence-corrected chi connectivity index (χ0v) is 25.7. The topological polar surface area (TPSA) is 137 Å². The van der Waals surface area contributed by atoms with E-state index in [-0.39, 0.29) is 27.5 Å². The number of nitrogens with zero attached hydrogens (tertiary/aromatic N) is 3. The minimum absolute atomic E-state index is 0.172. The highest BCUT2D eigenvalue weighted by Crippen LogP contribution is 2.45. The van der Waals surface area contributed by atoms with Gasteiger partial charge < -0.3 is 28.7 Å². The van der Waals surface area contributed by atoms with Crippen LogP contribution >= 0.6 is 0 Å². The normalized spacial score (nSPS) is 16.7.